The van der Waals surface area contributed by atoms with Crippen molar-refractivity contribution in [2.45, 2.75) is 119 Å². The van der Waals surface area contributed by atoms with Gasteiger partial charge in [0.2, 0.25) is 0 Å². The van der Waals surface area contributed by atoms with Crippen LogP contribution in [0.15, 0.2) is 0 Å². The molecule has 0 bridgehead atoms. The zero-order valence-corrected chi connectivity index (χ0v) is 24.3. The fourth-order valence-electron chi connectivity index (χ4n) is 2.31. The van der Waals surface area contributed by atoms with Crippen molar-refractivity contribution in [3.63, 3.8) is 0 Å². The molecule has 35 heavy (non-hydrogen) atoms. The van der Waals surface area contributed by atoms with E-state index in [1.807, 2.05) is 0 Å². The van der Waals surface area contributed by atoms with E-state index in [0.29, 0.717) is 39.3 Å². The van der Waals surface area contributed by atoms with Crippen molar-refractivity contribution < 1.29 is 32.7 Å². The third-order valence-corrected chi connectivity index (χ3v) is 4.53. The standard InChI is InChI=1S/3C8H18FN.H3O4P/c3*1-3-5-7-10(9)8-6-4-2;1-5(2,3)4/h3*3-8H2,1-2H3;(H3,1,2,3,4). The number of hydrogen-bond donors (Lipinski definition) is 3. The molecule has 0 aromatic rings. The van der Waals surface area contributed by atoms with Crippen LogP contribution in [0.3, 0.4) is 0 Å². The first kappa shape index (κ1) is 41.9. The predicted octanol–water partition coefficient (Wildman–Crippen LogP) is 7.39. The van der Waals surface area contributed by atoms with E-state index in [-0.39, 0.29) is 0 Å². The highest BCUT2D eigenvalue weighted by atomic mass is 31.2. The first-order valence-electron chi connectivity index (χ1n) is 13.4. The maximum absolute atomic E-state index is 12.6. The summed E-state index contributed by atoms with van der Waals surface area (Å²) in [5.74, 6) is 0. The molecule has 0 saturated heterocycles. The number of nitrogens with zero attached hydrogens (tertiary/aromatic N) is 3. The second-order valence-electron chi connectivity index (χ2n) is 8.36. The summed E-state index contributed by atoms with van der Waals surface area (Å²) in [6.07, 6.45) is 12.3. The number of rotatable bonds is 18. The van der Waals surface area contributed by atoms with Crippen LogP contribution in [0, 0.1) is 0 Å². The highest BCUT2D eigenvalue weighted by Gasteiger charge is 2.01. The van der Waals surface area contributed by atoms with Crippen LogP contribution >= 0.6 is 7.82 Å². The van der Waals surface area contributed by atoms with E-state index in [1.54, 1.807) is 0 Å². The Bertz CT molecular complexity index is 350. The van der Waals surface area contributed by atoms with Crippen molar-refractivity contribution in [1.82, 2.24) is 15.4 Å². The average Bonchev–Trinajstić information content (AvgIpc) is 2.80. The SMILES string of the molecule is CCCCN(F)CCCC.CCCCN(F)CCCC.CCCCN(F)CCCC.O=P(O)(O)O. The molecule has 11 heteroatoms. The minimum atomic E-state index is -4.64. The molecule has 0 aromatic heterocycles. The first-order chi connectivity index (χ1) is 16.4. The third kappa shape index (κ3) is 60.3. The van der Waals surface area contributed by atoms with E-state index in [2.05, 4.69) is 41.5 Å². The Morgan fingerprint density at radius 3 is 0.657 bits per heavy atom. The highest BCUT2D eigenvalue weighted by molar-refractivity contribution is 7.45. The monoisotopic (exact) mass is 539 g/mol. The largest absolute Gasteiger partial charge is 0.466 e. The topological polar surface area (TPSA) is 87.5 Å². The van der Waals surface area contributed by atoms with Crippen molar-refractivity contribution in [2.24, 2.45) is 0 Å². The molecule has 0 unspecified atom stereocenters. The van der Waals surface area contributed by atoms with E-state index in [0.717, 1.165) is 92.4 Å². The Morgan fingerprint density at radius 1 is 0.457 bits per heavy atom. The molecule has 0 aliphatic rings. The van der Waals surface area contributed by atoms with Crippen LogP contribution in [0.5, 0.6) is 0 Å². The Hall–Kier alpha value is -0.220. The molecule has 0 aliphatic carbocycles. The molecule has 0 spiro atoms. The van der Waals surface area contributed by atoms with E-state index in [1.165, 1.54) is 0 Å². The van der Waals surface area contributed by atoms with Gasteiger partial charge >= 0.3 is 7.82 Å². The van der Waals surface area contributed by atoms with E-state index < -0.39 is 7.82 Å². The minimum Gasteiger partial charge on any atom is -0.303 e. The molecule has 0 saturated carbocycles. The summed E-state index contributed by atoms with van der Waals surface area (Å²) in [6, 6.07) is 0. The van der Waals surface area contributed by atoms with Crippen molar-refractivity contribution in [3.8, 4) is 0 Å². The Morgan fingerprint density at radius 2 is 0.571 bits per heavy atom. The summed E-state index contributed by atoms with van der Waals surface area (Å²) >= 11 is 0. The van der Waals surface area contributed by atoms with Gasteiger partial charge in [0, 0.05) is 39.3 Å². The molecule has 218 valence electrons. The summed E-state index contributed by atoms with van der Waals surface area (Å²) in [7, 11) is -4.64. The molecule has 0 radical (unpaired) electrons. The van der Waals surface area contributed by atoms with Crippen LogP contribution in [0.4, 0.5) is 13.4 Å². The maximum atomic E-state index is 12.6. The van der Waals surface area contributed by atoms with Gasteiger partial charge in [-0.15, -0.1) is 28.8 Å². The minimum absolute atomic E-state index is 0.608. The Kier molecular flexibility index (Phi) is 40.4. The summed E-state index contributed by atoms with van der Waals surface area (Å²) in [4.78, 5) is 21.6. The molecule has 0 amide bonds. The molecule has 0 atom stereocenters. The van der Waals surface area contributed by atoms with Crippen molar-refractivity contribution in [1.29, 1.82) is 0 Å². The second kappa shape index (κ2) is 33.8. The molecule has 0 aliphatic heterocycles. The van der Waals surface area contributed by atoms with Gasteiger partial charge in [0.25, 0.3) is 0 Å². The van der Waals surface area contributed by atoms with Crippen LogP contribution in [0.25, 0.3) is 0 Å². The van der Waals surface area contributed by atoms with Crippen LogP contribution in [-0.2, 0) is 4.57 Å². The van der Waals surface area contributed by atoms with Crippen LogP contribution in [-0.4, -0.2) is 69.3 Å². The van der Waals surface area contributed by atoms with Crippen LogP contribution in [0.2, 0.25) is 0 Å². The fraction of sp³-hybridized carbons (Fsp3) is 1.00. The molecule has 0 heterocycles. The van der Waals surface area contributed by atoms with Gasteiger partial charge < -0.3 is 14.7 Å². The zero-order valence-electron chi connectivity index (χ0n) is 23.4. The van der Waals surface area contributed by atoms with Gasteiger partial charge in [-0.3, -0.25) is 0 Å². The van der Waals surface area contributed by atoms with E-state index >= 15 is 0 Å². The maximum Gasteiger partial charge on any atom is 0.466 e. The van der Waals surface area contributed by atoms with Crippen LogP contribution in [0.1, 0.15) is 119 Å². The molecule has 0 aromatic carbocycles. The number of halogens is 3. The predicted molar refractivity (Wildman–Crippen MR) is 142 cm³/mol. The van der Waals surface area contributed by atoms with Gasteiger partial charge in [-0.1, -0.05) is 80.1 Å². The third-order valence-electron chi connectivity index (χ3n) is 4.53. The highest BCUT2D eigenvalue weighted by Crippen LogP contribution is 2.25. The lowest BCUT2D eigenvalue weighted by Crippen LogP contribution is -2.15. The summed E-state index contributed by atoms with van der Waals surface area (Å²) < 4.78 is 46.7. The van der Waals surface area contributed by atoms with Gasteiger partial charge in [-0.2, -0.15) is 0 Å². The molecular weight excluding hydrogens is 482 g/mol. The number of hydrogen-bond acceptors (Lipinski definition) is 4. The second-order valence-corrected chi connectivity index (χ2v) is 9.39. The number of phosphoric acid groups is 1. The first-order valence-corrected chi connectivity index (χ1v) is 15.0. The van der Waals surface area contributed by atoms with E-state index in [9.17, 15) is 13.4 Å². The van der Waals surface area contributed by atoms with Gasteiger partial charge in [-0.25, -0.2) is 4.57 Å². The molecule has 0 fully saturated rings. The van der Waals surface area contributed by atoms with Crippen molar-refractivity contribution >= 4 is 7.82 Å². The lowest BCUT2D eigenvalue weighted by molar-refractivity contribution is 0.0226. The summed E-state index contributed by atoms with van der Waals surface area (Å²) in [5.41, 5.74) is 0. The molecule has 7 nitrogen and oxygen atoms in total. The van der Waals surface area contributed by atoms with Gasteiger partial charge in [0.05, 0.1) is 0 Å². The van der Waals surface area contributed by atoms with Gasteiger partial charge in [0.1, 0.15) is 0 Å². The molecule has 0 rings (SSSR count). The quantitative estimate of drug-likeness (QED) is 0.124. The Labute approximate surface area is 214 Å². The summed E-state index contributed by atoms with van der Waals surface area (Å²) in [5, 5.41) is 2.77. The lowest BCUT2D eigenvalue weighted by Gasteiger charge is -2.09. The fourth-order valence-corrected chi connectivity index (χ4v) is 2.31. The average molecular weight is 540 g/mol. The van der Waals surface area contributed by atoms with Crippen LogP contribution < -0.4 is 0 Å². The van der Waals surface area contributed by atoms with Gasteiger partial charge in [0.15, 0.2) is 0 Å². The van der Waals surface area contributed by atoms with E-state index in [4.69, 9.17) is 19.2 Å². The van der Waals surface area contributed by atoms with Gasteiger partial charge in [-0.05, 0) is 38.5 Å². The molecular formula is C24H57F3N3O4P. The smallest absolute Gasteiger partial charge is 0.303 e. The summed E-state index contributed by atoms with van der Waals surface area (Å²) in [6.45, 7) is 16.1. The van der Waals surface area contributed by atoms with Crippen molar-refractivity contribution in [3.05, 3.63) is 0 Å². The zero-order chi connectivity index (χ0) is 28.0. The lowest BCUT2D eigenvalue weighted by atomic mass is 10.3. The molecule has 3 N–H and O–H groups in total. The van der Waals surface area contributed by atoms with Crippen molar-refractivity contribution in [2.75, 3.05) is 39.3 Å². The normalized spacial score (nSPS) is 10.9. The number of unbranched alkanes of at least 4 members (excludes halogenated alkanes) is 6. The Balaban J connectivity index is -0.000000188.